The first-order valence-electron chi connectivity index (χ1n) is 9.09. The Labute approximate surface area is 157 Å². The predicted molar refractivity (Wildman–Crippen MR) is 101 cm³/mol. The predicted octanol–water partition coefficient (Wildman–Crippen LogP) is 4.70. The van der Waals surface area contributed by atoms with Gasteiger partial charge in [0.1, 0.15) is 0 Å². The molecule has 0 saturated heterocycles. The SMILES string of the molecule is Cc1ccc(-c2ccc3c(c2)CN(C)CCC3c2cccc(F)c2F)nn1. The number of aryl methyl sites for hydroxylation is 1. The topological polar surface area (TPSA) is 29.0 Å². The number of halogens is 2. The first-order chi connectivity index (χ1) is 13.0. The van der Waals surface area contributed by atoms with E-state index in [1.807, 2.05) is 38.2 Å². The summed E-state index contributed by atoms with van der Waals surface area (Å²) >= 11 is 0. The van der Waals surface area contributed by atoms with E-state index in [-0.39, 0.29) is 5.92 Å². The maximum atomic E-state index is 14.5. The summed E-state index contributed by atoms with van der Waals surface area (Å²) < 4.78 is 28.3. The first kappa shape index (κ1) is 17.7. The van der Waals surface area contributed by atoms with Crippen LogP contribution in [0.5, 0.6) is 0 Å². The Hall–Kier alpha value is -2.66. The molecule has 4 rings (SSSR count). The van der Waals surface area contributed by atoms with Crippen LogP contribution in [0.25, 0.3) is 11.3 Å². The molecular formula is C22H21F2N3. The average molecular weight is 365 g/mol. The van der Waals surface area contributed by atoms with Crippen LogP contribution in [-0.4, -0.2) is 28.7 Å². The monoisotopic (exact) mass is 365 g/mol. The van der Waals surface area contributed by atoms with Crippen molar-refractivity contribution in [3.63, 3.8) is 0 Å². The van der Waals surface area contributed by atoms with Crippen molar-refractivity contribution in [1.29, 1.82) is 0 Å². The minimum Gasteiger partial charge on any atom is -0.302 e. The third kappa shape index (κ3) is 3.47. The van der Waals surface area contributed by atoms with Crippen molar-refractivity contribution in [2.24, 2.45) is 0 Å². The lowest BCUT2D eigenvalue weighted by Crippen LogP contribution is -2.17. The van der Waals surface area contributed by atoms with Gasteiger partial charge in [-0.2, -0.15) is 10.2 Å². The van der Waals surface area contributed by atoms with E-state index in [0.29, 0.717) is 5.56 Å². The second-order valence-electron chi connectivity index (χ2n) is 7.20. The molecule has 3 aromatic rings. The summed E-state index contributed by atoms with van der Waals surface area (Å²) in [5.74, 6) is -1.71. The lowest BCUT2D eigenvalue weighted by Gasteiger charge is -2.19. The molecular weight excluding hydrogens is 344 g/mol. The smallest absolute Gasteiger partial charge is 0.162 e. The zero-order valence-corrected chi connectivity index (χ0v) is 15.4. The maximum Gasteiger partial charge on any atom is 0.162 e. The van der Waals surface area contributed by atoms with Gasteiger partial charge in [0.2, 0.25) is 0 Å². The Balaban J connectivity index is 1.80. The third-order valence-corrected chi connectivity index (χ3v) is 5.21. The molecule has 0 radical (unpaired) electrons. The highest BCUT2D eigenvalue weighted by atomic mass is 19.2. The minimum absolute atomic E-state index is 0.168. The fourth-order valence-corrected chi connectivity index (χ4v) is 3.78. The zero-order valence-electron chi connectivity index (χ0n) is 15.4. The van der Waals surface area contributed by atoms with Gasteiger partial charge in [0.15, 0.2) is 11.6 Å². The standard InChI is InChI=1S/C22H21F2N3/c1-14-6-9-21(26-25-14)15-7-8-17-16(12-15)13-27(2)11-10-18(17)19-4-3-5-20(23)22(19)24/h3-9,12,18H,10-11,13H2,1-2H3. The first-order valence-corrected chi connectivity index (χ1v) is 9.09. The number of aromatic nitrogens is 2. The van der Waals surface area contributed by atoms with Crippen molar-refractivity contribution >= 4 is 0 Å². The van der Waals surface area contributed by atoms with E-state index in [1.54, 1.807) is 12.1 Å². The lowest BCUT2D eigenvalue weighted by molar-refractivity contribution is 0.327. The molecule has 0 bridgehead atoms. The van der Waals surface area contributed by atoms with Crippen LogP contribution in [0.4, 0.5) is 8.78 Å². The van der Waals surface area contributed by atoms with Crippen LogP contribution in [-0.2, 0) is 6.54 Å². The molecule has 1 aliphatic rings. The molecule has 1 aromatic heterocycles. The lowest BCUT2D eigenvalue weighted by atomic mass is 9.85. The molecule has 5 heteroatoms. The Morgan fingerprint density at radius 1 is 1.00 bits per heavy atom. The van der Waals surface area contributed by atoms with Gasteiger partial charge < -0.3 is 4.90 Å². The Bertz CT molecular complexity index is 970. The van der Waals surface area contributed by atoms with Crippen molar-refractivity contribution in [1.82, 2.24) is 15.1 Å². The van der Waals surface area contributed by atoms with Crippen LogP contribution in [0.1, 0.15) is 34.7 Å². The van der Waals surface area contributed by atoms with Crippen molar-refractivity contribution in [3.8, 4) is 11.3 Å². The zero-order chi connectivity index (χ0) is 19.0. The number of hydrogen-bond donors (Lipinski definition) is 0. The van der Waals surface area contributed by atoms with Crippen LogP contribution >= 0.6 is 0 Å². The van der Waals surface area contributed by atoms with Crippen molar-refractivity contribution in [2.75, 3.05) is 13.6 Å². The number of benzene rings is 2. The van der Waals surface area contributed by atoms with Gasteiger partial charge in [-0.3, -0.25) is 0 Å². The molecule has 1 atom stereocenters. The van der Waals surface area contributed by atoms with Gasteiger partial charge in [-0.15, -0.1) is 0 Å². The molecule has 0 amide bonds. The van der Waals surface area contributed by atoms with Gasteiger partial charge in [0.05, 0.1) is 11.4 Å². The molecule has 1 aliphatic heterocycles. The largest absolute Gasteiger partial charge is 0.302 e. The van der Waals surface area contributed by atoms with Crippen molar-refractivity contribution in [3.05, 3.63) is 82.5 Å². The highest BCUT2D eigenvalue weighted by Crippen LogP contribution is 2.37. The molecule has 1 unspecified atom stereocenters. The summed E-state index contributed by atoms with van der Waals surface area (Å²) in [6.45, 7) is 3.48. The van der Waals surface area contributed by atoms with Crippen LogP contribution in [0.2, 0.25) is 0 Å². The normalized spacial score (nSPS) is 17.4. The summed E-state index contributed by atoms with van der Waals surface area (Å²) in [6.07, 6.45) is 0.744. The fourth-order valence-electron chi connectivity index (χ4n) is 3.78. The average Bonchev–Trinajstić information content (AvgIpc) is 2.82. The fraction of sp³-hybridized carbons (Fsp3) is 0.273. The summed E-state index contributed by atoms with van der Waals surface area (Å²) in [6, 6.07) is 14.4. The number of rotatable bonds is 2. The van der Waals surface area contributed by atoms with Gasteiger partial charge in [0.25, 0.3) is 0 Å². The quantitative estimate of drug-likeness (QED) is 0.659. The maximum absolute atomic E-state index is 14.5. The molecule has 27 heavy (non-hydrogen) atoms. The highest BCUT2D eigenvalue weighted by molar-refractivity contribution is 5.61. The van der Waals surface area contributed by atoms with E-state index in [4.69, 9.17) is 0 Å². The Morgan fingerprint density at radius 3 is 2.63 bits per heavy atom. The summed E-state index contributed by atoms with van der Waals surface area (Å²) in [5, 5.41) is 8.40. The molecule has 0 saturated carbocycles. The third-order valence-electron chi connectivity index (χ3n) is 5.21. The van der Waals surface area contributed by atoms with E-state index in [0.717, 1.165) is 47.6 Å². The van der Waals surface area contributed by atoms with Crippen LogP contribution < -0.4 is 0 Å². The van der Waals surface area contributed by atoms with Gasteiger partial charge in [-0.25, -0.2) is 8.78 Å². The second-order valence-corrected chi connectivity index (χ2v) is 7.20. The van der Waals surface area contributed by atoms with Gasteiger partial charge >= 0.3 is 0 Å². The minimum atomic E-state index is -0.793. The van der Waals surface area contributed by atoms with E-state index < -0.39 is 11.6 Å². The van der Waals surface area contributed by atoms with E-state index in [1.165, 1.54) is 6.07 Å². The van der Waals surface area contributed by atoms with Gasteiger partial charge in [0, 0.05) is 18.0 Å². The molecule has 0 N–H and O–H groups in total. The molecule has 0 spiro atoms. The Morgan fingerprint density at radius 2 is 1.85 bits per heavy atom. The van der Waals surface area contributed by atoms with Crippen LogP contribution in [0, 0.1) is 18.6 Å². The summed E-state index contributed by atoms with van der Waals surface area (Å²) in [4.78, 5) is 2.21. The van der Waals surface area contributed by atoms with E-state index >= 15 is 0 Å². The van der Waals surface area contributed by atoms with Crippen molar-refractivity contribution in [2.45, 2.75) is 25.8 Å². The van der Waals surface area contributed by atoms with Crippen LogP contribution in [0.15, 0.2) is 48.5 Å². The molecule has 3 nitrogen and oxygen atoms in total. The summed E-state index contributed by atoms with van der Waals surface area (Å²) in [7, 11) is 2.05. The molecule has 138 valence electrons. The molecule has 0 aliphatic carbocycles. The Kier molecular flexibility index (Phi) is 4.70. The molecule has 2 heterocycles. The highest BCUT2D eigenvalue weighted by Gasteiger charge is 2.26. The van der Waals surface area contributed by atoms with E-state index in [9.17, 15) is 8.78 Å². The van der Waals surface area contributed by atoms with Crippen LogP contribution in [0.3, 0.4) is 0 Å². The number of hydrogen-bond acceptors (Lipinski definition) is 3. The molecule has 2 aromatic carbocycles. The van der Waals surface area contributed by atoms with Gasteiger partial charge in [-0.1, -0.05) is 24.3 Å². The number of fused-ring (bicyclic) bond motifs is 1. The second kappa shape index (κ2) is 7.16. The number of nitrogens with zero attached hydrogens (tertiary/aromatic N) is 3. The van der Waals surface area contributed by atoms with Gasteiger partial charge in [-0.05, 0) is 67.9 Å². The van der Waals surface area contributed by atoms with E-state index in [2.05, 4.69) is 21.2 Å². The summed E-state index contributed by atoms with van der Waals surface area (Å²) in [5.41, 5.74) is 5.25. The van der Waals surface area contributed by atoms with Crippen molar-refractivity contribution < 1.29 is 8.78 Å². The molecule has 0 fully saturated rings.